The van der Waals surface area contributed by atoms with Crippen molar-refractivity contribution in [3.8, 4) is 0 Å². The molecule has 102 valence electrons. The highest BCUT2D eigenvalue weighted by atomic mass is 35.5. The molecule has 0 aliphatic rings. The van der Waals surface area contributed by atoms with Crippen molar-refractivity contribution in [1.29, 1.82) is 0 Å². The lowest BCUT2D eigenvalue weighted by atomic mass is 10.0. The number of nitrogens with one attached hydrogen (secondary N) is 1. The summed E-state index contributed by atoms with van der Waals surface area (Å²) in [7, 11) is 0. The molecule has 1 N–H and O–H groups in total. The minimum absolute atomic E-state index is 0.350. The van der Waals surface area contributed by atoms with E-state index < -0.39 is 0 Å². The van der Waals surface area contributed by atoms with Crippen LogP contribution in [0.15, 0.2) is 30.3 Å². The summed E-state index contributed by atoms with van der Waals surface area (Å²) in [5.74, 6) is 0. The first kappa shape index (κ1) is 14.6. The maximum absolute atomic E-state index is 6.19. The highest BCUT2D eigenvalue weighted by molar-refractivity contribution is 7.16. The van der Waals surface area contributed by atoms with Gasteiger partial charge >= 0.3 is 0 Å². The van der Waals surface area contributed by atoms with E-state index in [0.717, 1.165) is 17.3 Å². The van der Waals surface area contributed by atoms with E-state index in [1.165, 1.54) is 21.6 Å². The lowest BCUT2D eigenvalue weighted by molar-refractivity contribution is 0.558. The molecule has 0 radical (unpaired) electrons. The van der Waals surface area contributed by atoms with Crippen molar-refractivity contribution in [2.45, 2.75) is 33.2 Å². The Labute approximate surface area is 124 Å². The fraction of sp³-hybridized carbons (Fsp3) is 0.375. The standard InChI is InChI=1S/C16H20ClNS/c1-4-18-14(15-9-12(3)16(17)19-15)10-13-7-5-6-11(2)8-13/h5-9,14,18H,4,10H2,1-3H3. The maximum Gasteiger partial charge on any atom is 0.0960 e. The molecule has 0 spiro atoms. The molecule has 1 atom stereocenters. The smallest absolute Gasteiger partial charge is 0.0960 e. The molecule has 0 aliphatic carbocycles. The lowest BCUT2D eigenvalue weighted by Gasteiger charge is -2.16. The van der Waals surface area contributed by atoms with Crippen LogP contribution >= 0.6 is 22.9 Å². The Hall–Kier alpha value is -0.830. The molecular formula is C16H20ClNS. The van der Waals surface area contributed by atoms with Crippen LogP contribution in [0.3, 0.4) is 0 Å². The van der Waals surface area contributed by atoms with E-state index in [4.69, 9.17) is 11.6 Å². The molecule has 0 amide bonds. The summed E-state index contributed by atoms with van der Waals surface area (Å²) < 4.78 is 0.905. The second kappa shape index (κ2) is 6.56. The molecule has 0 fully saturated rings. The number of rotatable bonds is 5. The molecule has 3 heteroatoms. The van der Waals surface area contributed by atoms with Crippen molar-refractivity contribution >= 4 is 22.9 Å². The summed E-state index contributed by atoms with van der Waals surface area (Å²) in [6.45, 7) is 7.31. The lowest BCUT2D eigenvalue weighted by Crippen LogP contribution is -2.22. The van der Waals surface area contributed by atoms with Crippen LogP contribution in [0.2, 0.25) is 4.34 Å². The topological polar surface area (TPSA) is 12.0 Å². The van der Waals surface area contributed by atoms with Crippen molar-refractivity contribution in [2.24, 2.45) is 0 Å². The third-order valence-electron chi connectivity index (χ3n) is 3.19. The number of benzene rings is 1. The van der Waals surface area contributed by atoms with Gasteiger partial charge in [0, 0.05) is 10.9 Å². The zero-order valence-corrected chi connectivity index (χ0v) is 13.2. The molecule has 1 aromatic carbocycles. The van der Waals surface area contributed by atoms with Gasteiger partial charge in [0.15, 0.2) is 0 Å². The van der Waals surface area contributed by atoms with Gasteiger partial charge in [-0.2, -0.15) is 0 Å². The molecule has 0 saturated carbocycles. The SMILES string of the molecule is CCNC(Cc1cccc(C)c1)c1cc(C)c(Cl)s1. The fourth-order valence-corrected chi connectivity index (χ4v) is 3.54. The Morgan fingerprint density at radius 1 is 1.26 bits per heavy atom. The maximum atomic E-state index is 6.19. The number of likely N-dealkylation sites (N-methyl/N-ethyl adjacent to an activating group) is 1. The van der Waals surface area contributed by atoms with Crippen LogP contribution in [0.5, 0.6) is 0 Å². The monoisotopic (exact) mass is 293 g/mol. The summed E-state index contributed by atoms with van der Waals surface area (Å²) in [6, 6.07) is 11.3. The Kier molecular flexibility index (Phi) is 5.03. The minimum atomic E-state index is 0.350. The minimum Gasteiger partial charge on any atom is -0.309 e. The quantitative estimate of drug-likeness (QED) is 0.826. The second-order valence-electron chi connectivity index (χ2n) is 4.91. The summed E-state index contributed by atoms with van der Waals surface area (Å²) in [6.07, 6.45) is 1.01. The molecule has 2 aromatic rings. The van der Waals surface area contributed by atoms with E-state index in [2.05, 4.69) is 56.4 Å². The predicted molar refractivity (Wildman–Crippen MR) is 85.4 cm³/mol. The normalized spacial score (nSPS) is 12.6. The van der Waals surface area contributed by atoms with Crippen molar-refractivity contribution in [2.75, 3.05) is 6.54 Å². The number of halogens is 1. The van der Waals surface area contributed by atoms with Gasteiger partial charge in [-0.1, -0.05) is 48.4 Å². The zero-order valence-electron chi connectivity index (χ0n) is 11.7. The summed E-state index contributed by atoms with van der Waals surface area (Å²) in [4.78, 5) is 1.32. The molecule has 1 nitrogen and oxygen atoms in total. The van der Waals surface area contributed by atoms with Gasteiger partial charge in [0.05, 0.1) is 4.34 Å². The van der Waals surface area contributed by atoms with E-state index in [9.17, 15) is 0 Å². The van der Waals surface area contributed by atoms with Gasteiger partial charge in [-0.05, 0) is 44.0 Å². The van der Waals surface area contributed by atoms with E-state index in [-0.39, 0.29) is 0 Å². The number of thiophene rings is 1. The highest BCUT2D eigenvalue weighted by Gasteiger charge is 2.15. The van der Waals surface area contributed by atoms with E-state index in [1.54, 1.807) is 11.3 Å². The zero-order chi connectivity index (χ0) is 13.8. The molecule has 1 unspecified atom stereocenters. The summed E-state index contributed by atoms with van der Waals surface area (Å²) >= 11 is 7.88. The molecule has 0 bridgehead atoms. The van der Waals surface area contributed by atoms with Crippen LogP contribution in [0, 0.1) is 13.8 Å². The van der Waals surface area contributed by atoms with E-state index in [1.807, 2.05) is 0 Å². The second-order valence-corrected chi connectivity index (χ2v) is 6.59. The largest absolute Gasteiger partial charge is 0.309 e. The van der Waals surface area contributed by atoms with Crippen molar-refractivity contribution in [3.63, 3.8) is 0 Å². The van der Waals surface area contributed by atoms with Crippen LogP contribution in [-0.2, 0) is 6.42 Å². The third-order valence-corrected chi connectivity index (χ3v) is 4.86. The average molecular weight is 294 g/mol. The molecule has 1 heterocycles. The average Bonchev–Trinajstić information content (AvgIpc) is 2.69. The first-order valence-corrected chi connectivity index (χ1v) is 7.84. The summed E-state index contributed by atoms with van der Waals surface area (Å²) in [5, 5.41) is 3.56. The van der Waals surface area contributed by atoms with Gasteiger partial charge < -0.3 is 5.32 Å². The van der Waals surface area contributed by atoms with Gasteiger partial charge in [0.1, 0.15) is 0 Å². The van der Waals surface area contributed by atoms with Crippen LogP contribution in [0.4, 0.5) is 0 Å². The van der Waals surface area contributed by atoms with Gasteiger partial charge in [-0.15, -0.1) is 11.3 Å². The Morgan fingerprint density at radius 3 is 2.63 bits per heavy atom. The molecular weight excluding hydrogens is 274 g/mol. The van der Waals surface area contributed by atoms with Gasteiger partial charge in [-0.25, -0.2) is 0 Å². The van der Waals surface area contributed by atoms with Crippen molar-refractivity contribution < 1.29 is 0 Å². The van der Waals surface area contributed by atoms with Crippen molar-refractivity contribution in [3.05, 3.63) is 56.2 Å². The van der Waals surface area contributed by atoms with Gasteiger partial charge in [0.25, 0.3) is 0 Å². The van der Waals surface area contributed by atoms with Crippen LogP contribution in [-0.4, -0.2) is 6.54 Å². The molecule has 0 aliphatic heterocycles. The molecule has 1 aromatic heterocycles. The fourth-order valence-electron chi connectivity index (χ4n) is 2.25. The number of hydrogen-bond acceptors (Lipinski definition) is 2. The first-order valence-electron chi connectivity index (χ1n) is 6.65. The van der Waals surface area contributed by atoms with Crippen molar-refractivity contribution in [1.82, 2.24) is 5.32 Å². The Balaban J connectivity index is 2.20. The Bertz CT molecular complexity index is 528. The van der Waals surface area contributed by atoms with Crippen LogP contribution in [0.1, 0.15) is 34.5 Å². The van der Waals surface area contributed by atoms with Gasteiger partial charge in [-0.3, -0.25) is 0 Å². The Morgan fingerprint density at radius 2 is 2.05 bits per heavy atom. The van der Waals surface area contributed by atoms with E-state index in [0.29, 0.717) is 6.04 Å². The predicted octanol–water partition coefficient (Wildman–Crippen LogP) is 4.91. The third kappa shape index (κ3) is 3.82. The molecule has 2 rings (SSSR count). The number of aryl methyl sites for hydroxylation is 2. The van der Waals surface area contributed by atoms with E-state index >= 15 is 0 Å². The molecule has 19 heavy (non-hydrogen) atoms. The van der Waals surface area contributed by atoms with Gasteiger partial charge in [0.2, 0.25) is 0 Å². The first-order chi connectivity index (χ1) is 9.10. The highest BCUT2D eigenvalue weighted by Crippen LogP contribution is 2.32. The summed E-state index contributed by atoms with van der Waals surface area (Å²) in [5.41, 5.74) is 3.86. The van der Waals surface area contributed by atoms with Crippen LogP contribution < -0.4 is 5.32 Å². The molecule has 0 saturated heterocycles. The number of hydrogen-bond donors (Lipinski definition) is 1. The van der Waals surface area contributed by atoms with Crippen LogP contribution in [0.25, 0.3) is 0 Å².